The Balaban J connectivity index is 2.07. The Morgan fingerprint density at radius 2 is 2.19 bits per heavy atom. The Hall–Kier alpha value is -2.12. The van der Waals surface area contributed by atoms with Crippen molar-refractivity contribution in [2.24, 2.45) is 0 Å². The number of carbonyl (C=O) groups excluding carboxylic acids is 1. The minimum absolute atomic E-state index is 0.123. The SMILES string of the molecule is COc1ccc(OC)c(NC(=O)Cc2nc(CO)cs2)c1. The average molecular weight is 308 g/mol. The number of rotatable bonds is 6. The Labute approximate surface area is 126 Å². The predicted octanol–water partition coefficient (Wildman–Crippen LogP) is 1.83. The third-order valence-electron chi connectivity index (χ3n) is 2.75. The van der Waals surface area contributed by atoms with Gasteiger partial charge in [0.2, 0.25) is 5.91 Å². The molecule has 0 bridgehead atoms. The summed E-state index contributed by atoms with van der Waals surface area (Å²) in [7, 11) is 3.09. The number of aromatic nitrogens is 1. The zero-order valence-corrected chi connectivity index (χ0v) is 12.6. The Bertz CT molecular complexity index is 627. The van der Waals surface area contributed by atoms with E-state index in [1.165, 1.54) is 18.4 Å². The predicted molar refractivity (Wildman–Crippen MR) is 79.9 cm³/mol. The van der Waals surface area contributed by atoms with E-state index in [0.717, 1.165) is 0 Å². The molecule has 6 nitrogen and oxygen atoms in total. The lowest BCUT2D eigenvalue weighted by Crippen LogP contribution is -2.15. The molecule has 1 aromatic heterocycles. The maximum absolute atomic E-state index is 12.0. The van der Waals surface area contributed by atoms with E-state index in [2.05, 4.69) is 10.3 Å². The highest BCUT2D eigenvalue weighted by molar-refractivity contribution is 7.09. The number of carbonyl (C=O) groups is 1. The van der Waals surface area contributed by atoms with Crippen molar-refractivity contribution in [2.75, 3.05) is 19.5 Å². The van der Waals surface area contributed by atoms with Crippen molar-refractivity contribution in [1.29, 1.82) is 0 Å². The van der Waals surface area contributed by atoms with Gasteiger partial charge in [-0.2, -0.15) is 0 Å². The molecule has 0 aliphatic rings. The summed E-state index contributed by atoms with van der Waals surface area (Å²) in [5.74, 6) is 0.975. The number of amides is 1. The van der Waals surface area contributed by atoms with E-state index in [1.807, 2.05) is 0 Å². The third kappa shape index (κ3) is 3.93. The number of ether oxygens (including phenoxy) is 2. The quantitative estimate of drug-likeness (QED) is 0.851. The number of benzene rings is 1. The van der Waals surface area contributed by atoms with Crippen molar-refractivity contribution in [1.82, 2.24) is 4.98 Å². The van der Waals surface area contributed by atoms with Gasteiger partial charge in [0, 0.05) is 11.4 Å². The second-order valence-corrected chi connectivity index (χ2v) is 5.12. The standard InChI is InChI=1S/C14H16N2O4S/c1-19-10-3-4-12(20-2)11(5-10)16-13(18)6-14-15-9(7-17)8-21-14/h3-5,8,17H,6-7H2,1-2H3,(H,16,18). The lowest BCUT2D eigenvalue weighted by molar-refractivity contribution is -0.115. The smallest absolute Gasteiger partial charge is 0.231 e. The number of aliphatic hydroxyl groups is 1. The number of hydrogen-bond acceptors (Lipinski definition) is 6. The van der Waals surface area contributed by atoms with Crippen LogP contribution in [0.3, 0.4) is 0 Å². The normalized spacial score (nSPS) is 10.2. The van der Waals surface area contributed by atoms with Crippen LogP contribution in [-0.2, 0) is 17.8 Å². The fraction of sp³-hybridized carbons (Fsp3) is 0.286. The molecule has 0 saturated carbocycles. The molecule has 7 heteroatoms. The van der Waals surface area contributed by atoms with Crippen molar-refractivity contribution >= 4 is 22.9 Å². The summed E-state index contributed by atoms with van der Waals surface area (Å²) in [4.78, 5) is 16.2. The van der Waals surface area contributed by atoms with E-state index < -0.39 is 0 Å². The van der Waals surface area contributed by atoms with E-state index in [4.69, 9.17) is 14.6 Å². The number of anilines is 1. The van der Waals surface area contributed by atoms with Crippen LogP contribution in [0.5, 0.6) is 11.5 Å². The van der Waals surface area contributed by atoms with E-state index in [1.54, 1.807) is 30.7 Å². The zero-order chi connectivity index (χ0) is 15.2. The monoisotopic (exact) mass is 308 g/mol. The van der Waals surface area contributed by atoms with Crippen LogP contribution in [0.25, 0.3) is 0 Å². The number of nitrogens with zero attached hydrogens (tertiary/aromatic N) is 1. The van der Waals surface area contributed by atoms with E-state index in [0.29, 0.717) is 27.9 Å². The molecular formula is C14H16N2O4S. The van der Waals surface area contributed by atoms with Crippen LogP contribution >= 0.6 is 11.3 Å². The molecule has 2 N–H and O–H groups in total. The molecule has 2 rings (SSSR count). The van der Waals surface area contributed by atoms with Gasteiger partial charge in [-0.05, 0) is 12.1 Å². The number of thiazole rings is 1. The van der Waals surface area contributed by atoms with Gasteiger partial charge in [0.25, 0.3) is 0 Å². The Morgan fingerprint density at radius 3 is 2.81 bits per heavy atom. The fourth-order valence-corrected chi connectivity index (χ4v) is 2.53. The van der Waals surface area contributed by atoms with Crippen LogP contribution < -0.4 is 14.8 Å². The van der Waals surface area contributed by atoms with Crippen LogP contribution in [0.2, 0.25) is 0 Å². The first-order valence-electron chi connectivity index (χ1n) is 6.22. The van der Waals surface area contributed by atoms with Crippen LogP contribution in [0.4, 0.5) is 5.69 Å². The average Bonchev–Trinajstić information content (AvgIpc) is 2.94. The molecule has 0 spiro atoms. The summed E-state index contributed by atoms with van der Waals surface area (Å²) in [6.07, 6.45) is 0.144. The van der Waals surface area contributed by atoms with Gasteiger partial charge in [0.1, 0.15) is 16.5 Å². The van der Waals surface area contributed by atoms with Gasteiger partial charge in [-0.25, -0.2) is 4.98 Å². The topological polar surface area (TPSA) is 80.7 Å². The first-order chi connectivity index (χ1) is 10.2. The summed E-state index contributed by atoms with van der Waals surface area (Å²) in [5.41, 5.74) is 1.11. The third-order valence-corrected chi connectivity index (χ3v) is 3.65. The van der Waals surface area contributed by atoms with Gasteiger partial charge in [-0.3, -0.25) is 4.79 Å². The van der Waals surface area contributed by atoms with Crippen molar-refractivity contribution in [3.05, 3.63) is 34.3 Å². The molecule has 0 unspecified atom stereocenters. The summed E-state index contributed by atoms with van der Waals surface area (Å²) in [6, 6.07) is 5.17. The van der Waals surface area contributed by atoms with Crippen molar-refractivity contribution in [2.45, 2.75) is 13.0 Å². The lowest BCUT2D eigenvalue weighted by atomic mass is 10.2. The number of methoxy groups -OCH3 is 2. The largest absolute Gasteiger partial charge is 0.497 e. The van der Waals surface area contributed by atoms with E-state index >= 15 is 0 Å². The molecule has 1 amide bonds. The van der Waals surface area contributed by atoms with E-state index in [9.17, 15) is 4.79 Å². The van der Waals surface area contributed by atoms with Crippen LogP contribution in [0, 0.1) is 0 Å². The first kappa shape index (κ1) is 15.3. The maximum atomic E-state index is 12.0. The molecule has 0 saturated heterocycles. The van der Waals surface area contributed by atoms with Crippen molar-refractivity contribution < 1.29 is 19.4 Å². The summed E-state index contributed by atoms with van der Waals surface area (Å²) < 4.78 is 10.3. The highest BCUT2D eigenvalue weighted by atomic mass is 32.1. The van der Waals surface area contributed by atoms with E-state index in [-0.39, 0.29) is 18.9 Å². The first-order valence-corrected chi connectivity index (χ1v) is 7.10. The molecule has 1 heterocycles. The molecule has 112 valence electrons. The minimum atomic E-state index is -0.208. The number of hydrogen-bond donors (Lipinski definition) is 2. The van der Waals surface area contributed by atoms with Crippen LogP contribution in [-0.4, -0.2) is 30.2 Å². The molecule has 0 fully saturated rings. The lowest BCUT2D eigenvalue weighted by Gasteiger charge is -2.11. The summed E-state index contributed by atoms with van der Waals surface area (Å²) in [6.45, 7) is -0.123. The van der Waals surface area contributed by atoms with Gasteiger partial charge < -0.3 is 19.9 Å². The second kappa shape index (κ2) is 7.05. The maximum Gasteiger partial charge on any atom is 0.231 e. The molecule has 0 radical (unpaired) electrons. The van der Waals surface area contributed by atoms with Crippen molar-refractivity contribution in [3.8, 4) is 11.5 Å². The molecule has 1 aromatic carbocycles. The van der Waals surface area contributed by atoms with Gasteiger partial charge in [0.15, 0.2) is 0 Å². The van der Waals surface area contributed by atoms with Crippen LogP contribution in [0.15, 0.2) is 23.6 Å². The van der Waals surface area contributed by atoms with Gasteiger partial charge >= 0.3 is 0 Å². The van der Waals surface area contributed by atoms with Gasteiger partial charge in [-0.15, -0.1) is 11.3 Å². The molecule has 21 heavy (non-hydrogen) atoms. The van der Waals surface area contributed by atoms with Crippen molar-refractivity contribution in [3.63, 3.8) is 0 Å². The Morgan fingerprint density at radius 1 is 1.38 bits per heavy atom. The number of nitrogens with one attached hydrogen (secondary N) is 1. The number of aliphatic hydroxyl groups excluding tert-OH is 1. The summed E-state index contributed by atoms with van der Waals surface area (Å²) >= 11 is 1.34. The minimum Gasteiger partial charge on any atom is -0.497 e. The van der Waals surface area contributed by atoms with Crippen LogP contribution in [0.1, 0.15) is 10.7 Å². The zero-order valence-electron chi connectivity index (χ0n) is 11.8. The highest BCUT2D eigenvalue weighted by Gasteiger charge is 2.11. The fourth-order valence-electron chi connectivity index (χ4n) is 1.75. The van der Waals surface area contributed by atoms with Gasteiger partial charge in [0.05, 0.1) is 38.6 Å². The molecule has 0 atom stereocenters. The molecule has 0 aliphatic heterocycles. The molecule has 0 aliphatic carbocycles. The molecule has 2 aromatic rings. The highest BCUT2D eigenvalue weighted by Crippen LogP contribution is 2.29. The van der Waals surface area contributed by atoms with Gasteiger partial charge in [-0.1, -0.05) is 0 Å². The second-order valence-electron chi connectivity index (χ2n) is 4.18. The Kier molecular flexibility index (Phi) is 5.13. The summed E-state index contributed by atoms with van der Waals surface area (Å²) in [5, 5.41) is 14.1. The molecular weight excluding hydrogens is 292 g/mol.